The molecule has 1 aromatic heterocycles. The predicted molar refractivity (Wildman–Crippen MR) is 72.8 cm³/mol. The average molecular weight is 265 g/mol. The van der Waals surface area contributed by atoms with E-state index in [4.69, 9.17) is 4.74 Å². The molecule has 106 valence electrons. The van der Waals surface area contributed by atoms with Crippen molar-refractivity contribution in [3.8, 4) is 0 Å². The molecule has 2 rings (SSSR count). The molecule has 0 bridgehead atoms. The van der Waals surface area contributed by atoms with Crippen LogP contribution in [0, 0.1) is 5.92 Å². The number of amides is 1. The lowest BCUT2D eigenvalue weighted by atomic mass is 9.99. The van der Waals surface area contributed by atoms with Crippen LogP contribution in [0.25, 0.3) is 0 Å². The summed E-state index contributed by atoms with van der Waals surface area (Å²) in [5.74, 6) is 1.73. The van der Waals surface area contributed by atoms with Crippen LogP contribution in [0.1, 0.15) is 26.1 Å². The summed E-state index contributed by atoms with van der Waals surface area (Å²) in [5.41, 5.74) is 0. The van der Waals surface area contributed by atoms with Crippen LogP contribution in [0.4, 0.5) is 0 Å². The second-order valence-electron chi connectivity index (χ2n) is 5.22. The van der Waals surface area contributed by atoms with Crippen LogP contribution in [0.15, 0.2) is 12.4 Å². The summed E-state index contributed by atoms with van der Waals surface area (Å²) < 4.78 is 7.54. The van der Waals surface area contributed by atoms with Crippen LogP contribution in [0.3, 0.4) is 0 Å². The number of hydrogen-bond donors (Lipinski definition) is 0. The third-order valence-electron chi connectivity index (χ3n) is 3.71. The zero-order valence-corrected chi connectivity index (χ0v) is 12.0. The van der Waals surface area contributed by atoms with E-state index in [0.29, 0.717) is 12.5 Å². The number of aromatic nitrogens is 2. The molecule has 0 saturated carbocycles. The minimum absolute atomic E-state index is 0.0679. The van der Waals surface area contributed by atoms with Gasteiger partial charge in [0.25, 0.3) is 5.91 Å². The molecule has 0 fully saturated rings. The Kier molecular flexibility index (Phi) is 4.58. The van der Waals surface area contributed by atoms with Gasteiger partial charge in [0, 0.05) is 45.6 Å². The highest BCUT2D eigenvalue weighted by molar-refractivity contribution is 5.80. The van der Waals surface area contributed by atoms with E-state index in [9.17, 15) is 4.79 Å². The molecule has 1 amide bonds. The van der Waals surface area contributed by atoms with Crippen LogP contribution in [-0.4, -0.2) is 46.7 Å². The number of hydrogen-bond acceptors (Lipinski definition) is 3. The minimum atomic E-state index is -0.345. The number of rotatable bonds is 5. The number of nitrogens with zero attached hydrogens (tertiary/aromatic N) is 3. The number of imidazole rings is 1. The van der Waals surface area contributed by atoms with Crippen molar-refractivity contribution >= 4 is 5.91 Å². The molecule has 0 unspecified atom stereocenters. The van der Waals surface area contributed by atoms with Crippen molar-refractivity contribution in [1.82, 2.24) is 14.5 Å². The number of carbonyl (C=O) groups excluding carboxylic acids is 1. The maximum Gasteiger partial charge on any atom is 0.251 e. The Morgan fingerprint density at radius 2 is 2.47 bits per heavy atom. The van der Waals surface area contributed by atoms with Gasteiger partial charge in [0.15, 0.2) is 0 Å². The fourth-order valence-electron chi connectivity index (χ4n) is 2.70. The summed E-state index contributed by atoms with van der Waals surface area (Å²) in [6.45, 7) is 6.04. The highest BCUT2D eigenvalue weighted by Crippen LogP contribution is 2.19. The zero-order chi connectivity index (χ0) is 13.8. The molecule has 0 saturated heterocycles. The van der Waals surface area contributed by atoms with Crippen LogP contribution in [-0.2, 0) is 22.5 Å². The fourth-order valence-corrected chi connectivity index (χ4v) is 2.70. The van der Waals surface area contributed by atoms with E-state index >= 15 is 0 Å². The third-order valence-corrected chi connectivity index (χ3v) is 3.71. The molecule has 0 N–H and O–H groups in total. The van der Waals surface area contributed by atoms with Gasteiger partial charge in [-0.2, -0.15) is 0 Å². The van der Waals surface area contributed by atoms with Crippen molar-refractivity contribution in [3.63, 3.8) is 0 Å². The van der Waals surface area contributed by atoms with Crippen molar-refractivity contribution in [2.75, 3.05) is 20.2 Å². The van der Waals surface area contributed by atoms with Gasteiger partial charge < -0.3 is 14.2 Å². The summed E-state index contributed by atoms with van der Waals surface area (Å²) in [6.07, 6.45) is 5.62. The molecule has 5 nitrogen and oxygen atoms in total. The Labute approximate surface area is 114 Å². The molecule has 1 aromatic rings. The fraction of sp³-hybridized carbons (Fsp3) is 0.714. The van der Waals surface area contributed by atoms with Crippen LogP contribution in [0.5, 0.6) is 0 Å². The van der Waals surface area contributed by atoms with Gasteiger partial charge in [0.05, 0.1) is 0 Å². The molecule has 2 heterocycles. The van der Waals surface area contributed by atoms with Gasteiger partial charge in [-0.1, -0.05) is 0 Å². The van der Waals surface area contributed by atoms with Gasteiger partial charge in [0.2, 0.25) is 0 Å². The van der Waals surface area contributed by atoms with Gasteiger partial charge in [-0.25, -0.2) is 4.98 Å². The summed E-state index contributed by atoms with van der Waals surface area (Å²) in [6, 6.07) is 0. The first-order chi connectivity index (χ1) is 9.11. The SMILES string of the molecule is CCO[C@@H](C)C(=O)N(C)C[C@H]1CCc2nccn2C1. The molecular weight excluding hydrogens is 242 g/mol. The van der Waals surface area contributed by atoms with E-state index in [1.54, 1.807) is 4.90 Å². The van der Waals surface area contributed by atoms with Crippen LogP contribution in [0.2, 0.25) is 0 Å². The maximum atomic E-state index is 12.1. The number of fused-ring (bicyclic) bond motifs is 1. The van der Waals surface area contributed by atoms with Crippen molar-refractivity contribution in [1.29, 1.82) is 0 Å². The average Bonchev–Trinajstić information content (AvgIpc) is 2.85. The van der Waals surface area contributed by atoms with Gasteiger partial charge in [0.1, 0.15) is 11.9 Å². The van der Waals surface area contributed by atoms with Crippen LogP contribution < -0.4 is 0 Å². The first-order valence-electron chi connectivity index (χ1n) is 6.98. The monoisotopic (exact) mass is 265 g/mol. The lowest BCUT2D eigenvalue weighted by Gasteiger charge is -2.29. The normalized spacial score (nSPS) is 19.8. The molecule has 1 aliphatic rings. The third kappa shape index (κ3) is 3.35. The summed E-state index contributed by atoms with van der Waals surface area (Å²) in [5, 5.41) is 0. The van der Waals surface area contributed by atoms with Gasteiger partial charge in [-0.15, -0.1) is 0 Å². The van der Waals surface area contributed by atoms with E-state index in [0.717, 1.165) is 31.8 Å². The Morgan fingerprint density at radius 3 is 3.21 bits per heavy atom. The largest absolute Gasteiger partial charge is 0.369 e. The second-order valence-corrected chi connectivity index (χ2v) is 5.22. The van der Waals surface area contributed by atoms with E-state index in [-0.39, 0.29) is 12.0 Å². The van der Waals surface area contributed by atoms with E-state index in [2.05, 4.69) is 9.55 Å². The van der Waals surface area contributed by atoms with Crippen molar-refractivity contribution in [3.05, 3.63) is 18.2 Å². The first-order valence-corrected chi connectivity index (χ1v) is 6.98. The topological polar surface area (TPSA) is 47.4 Å². The first kappa shape index (κ1) is 14.1. The van der Waals surface area contributed by atoms with Crippen molar-refractivity contribution in [2.24, 2.45) is 5.92 Å². The molecular formula is C14H23N3O2. The Bertz CT molecular complexity index is 430. The van der Waals surface area contributed by atoms with Gasteiger partial charge in [-0.3, -0.25) is 4.79 Å². The summed E-state index contributed by atoms with van der Waals surface area (Å²) >= 11 is 0. The zero-order valence-electron chi connectivity index (χ0n) is 12.0. The van der Waals surface area contributed by atoms with Crippen molar-refractivity contribution in [2.45, 2.75) is 39.3 Å². The number of aryl methyl sites for hydroxylation is 1. The molecule has 1 aliphatic heterocycles. The molecule has 0 aromatic carbocycles. The lowest BCUT2D eigenvalue weighted by molar-refractivity contribution is -0.141. The lowest BCUT2D eigenvalue weighted by Crippen LogP contribution is -2.40. The second kappa shape index (κ2) is 6.19. The summed E-state index contributed by atoms with van der Waals surface area (Å²) in [4.78, 5) is 18.2. The molecule has 2 atom stereocenters. The summed E-state index contributed by atoms with van der Waals surface area (Å²) in [7, 11) is 1.86. The standard InChI is InChI=1S/C14H23N3O2/c1-4-19-11(2)14(18)16(3)9-12-5-6-13-15-7-8-17(13)10-12/h7-8,11-12H,4-6,9-10H2,1-3H3/t11-,12+/m0/s1. The molecule has 5 heteroatoms. The minimum Gasteiger partial charge on any atom is -0.369 e. The Balaban J connectivity index is 1.86. The molecule has 0 aliphatic carbocycles. The number of carbonyl (C=O) groups is 1. The Morgan fingerprint density at radius 1 is 1.68 bits per heavy atom. The molecule has 0 spiro atoms. The van der Waals surface area contributed by atoms with E-state index in [1.807, 2.05) is 33.3 Å². The van der Waals surface area contributed by atoms with E-state index < -0.39 is 0 Å². The number of likely N-dealkylation sites (N-methyl/N-ethyl adjacent to an activating group) is 1. The van der Waals surface area contributed by atoms with Crippen LogP contribution >= 0.6 is 0 Å². The maximum absolute atomic E-state index is 12.1. The van der Waals surface area contributed by atoms with Gasteiger partial charge >= 0.3 is 0 Å². The Hall–Kier alpha value is -1.36. The molecule has 0 radical (unpaired) electrons. The highest BCUT2D eigenvalue weighted by atomic mass is 16.5. The van der Waals surface area contributed by atoms with Gasteiger partial charge in [-0.05, 0) is 26.2 Å². The van der Waals surface area contributed by atoms with E-state index in [1.165, 1.54) is 0 Å². The van der Waals surface area contributed by atoms with Crippen molar-refractivity contribution < 1.29 is 9.53 Å². The quantitative estimate of drug-likeness (QED) is 0.807. The predicted octanol–water partition coefficient (Wildman–Crippen LogP) is 1.33. The number of ether oxygens (including phenoxy) is 1. The smallest absolute Gasteiger partial charge is 0.251 e. The molecule has 19 heavy (non-hydrogen) atoms. The highest BCUT2D eigenvalue weighted by Gasteiger charge is 2.24.